The Morgan fingerprint density at radius 2 is 2.07 bits per heavy atom. The lowest BCUT2D eigenvalue weighted by atomic mass is 9.97. The number of ether oxygens (including phenoxy) is 1. The van der Waals surface area contributed by atoms with Crippen LogP contribution in [0.25, 0.3) is 10.9 Å². The normalized spacial score (nSPS) is 23.2. The maximum Gasteiger partial charge on any atom is 0.255 e. The van der Waals surface area contributed by atoms with Crippen LogP contribution in [0.5, 0.6) is 0 Å². The summed E-state index contributed by atoms with van der Waals surface area (Å²) in [4.78, 5) is 21.4. The predicted molar refractivity (Wildman–Crippen MR) is 115 cm³/mol. The third-order valence-electron chi connectivity index (χ3n) is 6.39. The minimum atomic E-state index is -0.143. The molecule has 2 aliphatic rings. The lowest BCUT2D eigenvalue weighted by molar-refractivity contribution is -0.0741. The van der Waals surface area contributed by atoms with Gasteiger partial charge in [-0.2, -0.15) is 5.10 Å². The molecule has 4 heterocycles. The number of aromatic amines is 1. The molecule has 0 saturated carbocycles. The fourth-order valence-electron chi connectivity index (χ4n) is 4.92. The summed E-state index contributed by atoms with van der Waals surface area (Å²) in [5, 5.41) is 5.35. The number of aryl methyl sites for hydroxylation is 1. The zero-order valence-electron chi connectivity index (χ0n) is 17.5. The van der Waals surface area contributed by atoms with Crippen LogP contribution in [0.15, 0.2) is 42.9 Å². The smallest absolute Gasteiger partial charge is 0.255 e. The van der Waals surface area contributed by atoms with Crippen LogP contribution in [-0.4, -0.2) is 69.4 Å². The standard InChI is InChI=1S/C23H29N5O2/c1-26-15-17(14-25-26)22-21(16-27-10-3-2-4-11-27)30-13-12-28(22)23(29)19-6-5-7-20-18(19)8-9-24-20/h5-9,14-15,21-22,24H,2-4,10-13,16H2,1H3/t21-,22-/m0/s1. The molecule has 7 nitrogen and oxygen atoms in total. The highest BCUT2D eigenvalue weighted by atomic mass is 16.5. The van der Waals surface area contributed by atoms with Crippen molar-refractivity contribution in [3.8, 4) is 0 Å². The molecule has 0 aliphatic carbocycles. The summed E-state index contributed by atoms with van der Waals surface area (Å²) in [6, 6.07) is 7.71. The first-order valence-corrected chi connectivity index (χ1v) is 10.9. The molecular formula is C23H29N5O2. The molecule has 3 aromatic rings. The lowest BCUT2D eigenvalue weighted by Gasteiger charge is -2.43. The van der Waals surface area contributed by atoms with Crippen molar-refractivity contribution in [2.24, 2.45) is 7.05 Å². The van der Waals surface area contributed by atoms with Gasteiger partial charge < -0.3 is 19.5 Å². The summed E-state index contributed by atoms with van der Waals surface area (Å²) in [5.74, 6) is 0.0565. The number of rotatable bonds is 4. The molecule has 1 amide bonds. The number of hydrogen-bond acceptors (Lipinski definition) is 4. The van der Waals surface area contributed by atoms with Gasteiger partial charge in [-0.25, -0.2) is 0 Å². The van der Waals surface area contributed by atoms with Gasteiger partial charge >= 0.3 is 0 Å². The summed E-state index contributed by atoms with van der Waals surface area (Å²) in [5.41, 5.74) is 2.76. The van der Waals surface area contributed by atoms with Gasteiger partial charge in [-0.1, -0.05) is 12.5 Å². The van der Waals surface area contributed by atoms with Crippen molar-refractivity contribution >= 4 is 16.8 Å². The van der Waals surface area contributed by atoms with E-state index in [4.69, 9.17) is 4.74 Å². The molecule has 1 N–H and O–H groups in total. The first kappa shape index (κ1) is 19.3. The van der Waals surface area contributed by atoms with Gasteiger partial charge in [-0.15, -0.1) is 0 Å². The molecule has 5 rings (SSSR count). The fourth-order valence-corrected chi connectivity index (χ4v) is 4.92. The molecular weight excluding hydrogens is 378 g/mol. The van der Waals surface area contributed by atoms with Gasteiger partial charge in [0.25, 0.3) is 5.91 Å². The number of nitrogens with one attached hydrogen (secondary N) is 1. The number of carbonyl (C=O) groups excluding carboxylic acids is 1. The van der Waals surface area contributed by atoms with Crippen molar-refractivity contribution in [2.45, 2.75) is 31.4 Å². The maximum atomic E-state index is 13.8. The van der Waals surface area contributed by atoms with Crippen molar-refractivity contribution < 1.29 is 9.53 Å². The highest BCUT2D eigenvalue weighted by molar-refractivity contribution is 6.06. The topological polar surface area (TPSA) is 66.4 Å². The van der Waals surface area contributed by atoms with Crippen LogP contribution in [0.4, 0.5) is 0 Å². The quantitative estimate of drug-likeness (QED) is 0.722. The third-order valence-corrected chi connectivity index (χ3v) is 6.39. The summed E-state index contributed by atoms with van der Waals surface area (Å²) < 4.78 is 8.07. The number of amides is 1. The van der Waals surface area contributed by atoms with Gasteiger partial charge in [0, 0.05) is 54.6 Å². The molecule has 0 radical (unpaired) electrons. The van der Waals surface area contributed by atoms with E-state index in [0.29, 0.717) is 13.2 Å². The van der Waals surface area contributed by atoms with Crippen LogP contribution < -0.4 is 0 Å². The molecule has 1 aromatic carbocycles. The molecule has 158 valence electrons. The summed E-state index contributed by atoms with van der Waals surface area (Å²) in [6.45, 7) is 4.20. The van der Waals surface area contributed by atoms with Crippen molar-refractivity contribution in [1.82, 2.24) is 24.6 Å². The first-order chi connectivity index (χ1) is 14.7. The average molecular weight is 408 g/mol. The van der Waals surface area contributed by atoms with Crippen LogP contribution in [0.2, 0.25) is 0 Å². The Balaban J connectivity index is 1.48. The second-order valence-electron chi connectivity index (χ2n) is 8.41. The molecule has 2 aliphatic heterocycles. The second kappa shape index (κ2) is 8.24. The number of fused-ring (bicyclic) bond motifs is 1. The molecule has 0 unspecified atom stereocenters. The Kier molecular flexibility index (Phi) is 5.31. The van der Waals surface area contributed by atoms with Gasteiger partial charge in [-0.05, 0) is 44.1 Å². The van der Waals surface area contributed by atoms with E-state index in [-0.39, 0.29) is 18.1 Å². The molecule has 2 saturated heterocycles. The van der Waals surface area contributed by atoms with Crippen LogP contribution in [0.1, 0.15) is 41.2 Å². The highest BCUT2D eigenvalue weighted by Crippen LogP contribution is 2.33. The predicted octanol–water partition coefficient (Wildman–Crippen LogP) is 2.97. The summed E-state index contributed by atoms with van der Waals surface area (Å²) in [6.07, 6.45) is 9.50. The van der Waals surface area contributed by atoms with Crippen molar-refractivity contribution in [2.75, 3.05) is 32.8 Å². The summed E-state index contributed by atoms with van der Waals surface area (Å²) in [7, 11) is 1.92. The number of piperidine rings is 1. The zero-order chi connectivity index (χ0) is 20.5. The van der Waals surface area contributed by atoms with Crippen LogP contribution in [-0.2, 0) is 11.8 Å². The van der Waals surface area contributed by atoms with Gasteiger partial charge in [0.2, 0.25) is 0 Å². The monoisotopic (exact) mass is 407 g/mol. The molecule has 2 fully saturated rings. The number of H-pyrrole nitrogens is 1. The molecule has 7 heteroatoms. The lowest BCUT2D eigenvalue weighted by Crippen LogP contribution is -2.52. The highest BCUT2D eigenvalue weighted by Gasteiger charge is 2.38. The van der Waals surface area contributed by atoms with Crippen LogP contribution in [0, 0.1) is 0 Å². The van der Waals surface area contributed by atoms with Crippen molar-refractivity contribution in [3.63, 3.8) is 0 Å². The number of aromatic nitrogens is 3. The Bertz CT molecular complexity index is 1020. The fraction of sp³-hybridized carbons (Fsp3) is 0.478. The Morgan fingerprint density at radius 1 is 1.20 bits per heavy atom. The van der Waals surface area contributed by atoms with E-state index in [0.717, 1.165) is 41.7 Å². The number of benzene rings is 1. The number of nitrogens with zero attached hydrogens (tertiary/aromatic N) is 4. The molecule has 0 spiro atoms. The molecule has 30 heavy (non-hydrogen) atoms. The van der Waals surface area contributed by atoms with Gasteiger partial charge in [0.1, 0.15) is 0 Å². The number of hydrogen-bond donors (Lipinski definition) is 1. The van der Waals surface area contributed by atoms with Crippen molar-refractivity contribution in [3.05, 3.63) is 54.0 Å². The van der Waals surface area contributed by atoms with E-state index in [9.17, 15) is 4.79 Å². The van der Waals surface area contributed by atoms with E-state index >= 15 is 0 Å². The van der Waals surface area contributed by atoms with Crippen molar-refractivity contribution in [1.29, 1.82) is 0 Å². The Hall–Kier alpha value is -2.64. The van der Waals surface area contributed by atoms with E-state index in [1.54, 1.807) is 4.68 Å². The third kappa shape index (κ3) is 3.63. The van der Waals surface area contributed by atoms with E-state index in [1.165, 1.54) is 19.3 Å². The Labute approximate surface area is 176 Å². The summed E-state index contributed by atoms with van der Waals surface area (Å²) >= 11 is 0. The van der Waals surface area contributed by atoms with Gasteiger partial charge in [0.15, 0.2) is 0 Å². The number of likely N-dealkylation sites (tertiary alicyclic amines) is 1. The minimum absolute atomic E-state index is 0.0565. The van der Waals surface area contributed by atoms with Gasteiger partial charge in [-0.3, -0.25) is 9.48 Å². The molecule has 2 aromatic heterocycles. The minimum Gasteiger partial charge on any atom is -0.373 e. The largest absolute Gasteiger partial charge is 0.373 e. The molecule has 2 atom stereocenters. The average Bonchev–Trinajstić information content (AvgIpc) is 3.42. The van der Waals surface area contributed by atoms with E-state index < -0.39 is 0 Å². The second-order valence-corrected chi connectivity index (χ2v) is 8.41. The zero-order valence-corrected chi connectivity index (χ0v) is 17.5. The van der Waals surface area contributed by atoms with Crippen LogP contribution >= 0.6 is 0 Å². The number of morpholine rings is 1. The SMILES string of the molecule is Cn1cc([C@H]2[C@H](CN3CCCCC3)OCCN2C(=O)c2cccc3[nH]ccc23)cn1. The Morgan fingerprint density at radius 3 is 2.87 bits per heavy atom. The number of carbonyl (C=O) groups is 1. The van der Waals surface area contributed by atoms with Crippen LogP contribution in [0.3, 0.4) is 0 Å². The van der Waals surface area contributed by atoms with E-state index in [1.807, 2.05) is 54.8 Å². The molecule has 0 bridgehead atoms. The maximum absolute atomic E-state index is 13.8. The first-order valence-electron chi connectivity index (χ1n) is 10.9. The van der Waals surface area contributed by atoms with Gasteiger partial charge in [0.05, 0.1) is 24.9 Å². The van der Waals surface area contributed by atoms with E-state index in [2.05, 4.69) is 15.0 Å².